The van der Waals surface area contributed by atoms with E-state index in [0.29, 0.717) is 16.8 Å². The lowest BCUT2D eigenvalue weighted by Crippen LogP contribution is -2.32. The molecule has 0 bridgehead atoms. The van der Waals surface area contributed by atoms with Crippen LogP contribution in [-0.2, 0) is 0 Å². The van der Waals surface area contributed by atoms with E-state index in [1.165, 1.54) is 0 Å². The Hall–Kier alpha value is -3.41. The third-order valence-electron chi connectivity index (χ3n) is 4.56. The summed E-state index contributed by atoms with van der Waals surface area (Å²) in [5, 5.41) is 7.04. The highest BCUT2D eigenvalue weighted by Crippen LogP contribution is 2.15. The normalized spacial score (nSPS) is 10.6. The zero-order valence-corrected chi connectivity index (χ0v) is 16.8. The first kappa shape index (κ1) is 20.3. The molecule has 0 aliphatic carbocycles. The first-order valence-electron chi connectivity index (χ1n) is 9.93. The fourth-order valence-electron chi connectivity index (χ4n) is 3.12. The quantitative estimate of drug-likeness (QED) is 0.620. The third kappa shape index (κ3) is 5.10. The van der Waals surface area contributed by atoms with Gasteiger partial charge in [0.25, 0.3) is 11.8 Å². The van der Waals surface area contributed by atoms with Gasteiger partial charge in [-0.3, -0.25) is 9.59 Å². The molecule has 1 heterocycles. The largest absolute Gasteiger partial charge is 0.339 e. The number of rotatable bonds is 8. The second-order valence-corrected chi connectivity index (χ2v) is 6.82. The van der Waals surface area contributed by atoms with Crippen molar-refractivity contribution in [2.24, 2.45) is 0 Å². The number of aromatic nitrogens is 2. The number of carbonyl (C=O) groups is 2. The van der Waals surface area contributed by atoms with Gasteiger partial charge in [-0.2, -0.15) is 5.10 Å². The molecule has 0 radical (unpaired) electrons. The van der Waals surface area contributed by atoms with Crippen molar-refractivity contribution in [3.05, 3.63) is 78.1 Å². The van der Waals surface area contributed by atoms with Gasteiger partial charge in [0, 0.05) is 42.3 Å². The molecule has 0 saturated heterocycles. The van der Waals surface area contributed by atoms with Crippen molar-refractivity contribution in [1.29, 1.82) is 0 Å². The van der Waals surface area contributed by atoms with Gasteiger partial charge in [-0.25, -0.2) is 4.68 Å². The molecule has 1 N–H and O–H groups in total. The van der Waals surface area contributed by atoms with Crippen LogP contribution in [0, 0.1) is 0 Å². The summed E-state index contributed by atoms with van der Waals surface area (Å²) in [5.74, 6) is -0.171. The summed E-state index contributed by atoms with van der Waals surface area (Å²) in [7, 11) is 0. The van der Waals surface area contributed by atoms with E-state index >= 15 is 0 Å². The van der Waals surface area contributed by atoms with E-state index in [9.17, 15) is 9.59 Å². The maximum atomic E-state index is 12.6. The molecule has 150 valence electrons. The Balaban J connectivity index is 1.64. The summed E-state index contributed by atoms with van der Waals surface area (Å²) in [6.45, 7) is 5.63. The molecule has 6 nitrogen and oxygen atoms in total. The molecule has 2 amide bonds. The Morgan fingerprint density at radius 1 is 0.931 bits per heavy atom. The smallest absolute Gasteiger partial charge is 0.255 e. The number of anilines is 1. The minimum Gasteiger partial charge on any atom is -0.339 e. The van der Waals surface area contributed by atoms with Crippen LogP contribution in [0.5, 0.6) is 0 Å². The summed E-state index contributed by atoms with van der Waals surface area (Å²) in [5.41, 5.74) is 2.73. The zero-order chi connectivity index (χ0) is 20.6. The van der Waals surface area contributed by atoms with E-state index in [4.69, 9.17) is 0 Å². The maximum Gasteiger partial charge on any atom is 0.255 e. The lowest BCUT2D eigenvalue weighted by atomic mass is 10.1. The van der Waals surface area contributed by atoms with E-state index in [-0.39, 0.29) is 11.8 Å². The van der Waals surface area contributed by atoms with Crippen molar-refractivity contribution >= 4 is 17.5 Å². The molecule has 0 unspecified atom stereocenters. The van der Waals surface area contributed by atoms with Crippen LogP contribution in [0.15, 0.2) is 67.0 Å². The Bertz CT molecular complexity index is 926. The Kier molecular flexibility index (Phi) is 6.79. The number of hydrogen-bond donors (Lipinski definition) is 1. The number of amides is 2. The molecule has 6 heteroatoms. The zero-order valence-electron chi connectivity index (χ0n) is 16.8. The average molecular weight is 390 g/mol. The van der Waals surface area contributed by atoms with Gasteiger partial charge in [0.2, 0.25) is 0 Å². The fourth-order valence-corrected chi connectivity index (χ4v) is 3.12. The standard InChI is InChI=1S/C23H26N4O2/c1-3-15-26(16-4-2)23(29)19-6-10-20(11-7-19)25-22(28)18-8-12-21(13-9-18)27-17-5-14-24-27/h5-14,17H,3-4,15-16H2,1-2H3,(H,25,28). The van der Waals surface area contributed by atoms with E-state index < -0.39 is 0 Å². The molecule has 2 aromatic carbocycles. The van der Waals surface area contributed by atoms with Crippen LogP contribution in [0.2, 0.25) is 0 Å². The van der Waals surface area contributed by atoms with Gasteiger partial charge >= 0.3 is 0 Å². The number of benzene rings is 2. The Labute approximate surface area is 171 Å². The van der Waals surface area contributed by atoms with Gasteiger partial charge in [-0.1, -0.05) is 13.8 Å². The molecular formula is C23H26N4O2. The van der Waals surface area contributed by atoms with Crippen LogP contribution in [-0.4, -0.2) is 39.6 Å². The SMILES string of the molecule is CCCN(CCC)C(=O)c1ccc(NC(=O)c2ccc(-n3cccn3)cc2)cc1. The molecule has 0 atom stereocenters. The highest BCUT2D eigenvalue weighted by atomic mass is 16.2. The second-order valence-electron chi connectivity index (χ2n) is 6.82. The first-order valence-corrected chi connectivity index (χ1v) is 9.93. The van der Waals surface area contributed by atoms with Crippen LogP contribution >= 0.6 is 0 Å². The predicted molar refractivity (Wildman–Crippen MR) is 114 cm³/mol. The van der Waals surface area contributed by atoms with Gasteiger partial charge in [-0.05, 0) is 67.4 Å². The van der Waals surface area contributed by atoms with Gasteiger partial charge in [0.1, 0.15) is 0 Å². The molecule has 29 heavy (non-hydrogen) atoms. The molecule has 1 aromatic heterocycles. The van der Waals surface area contributed by atoms with Gasteiger partial charge in [0.15, 0.2) is 0 Å². The average Bonchev–Trinajstić information content (AvgIpc) is 3.29. The minimum atomic E-state index is -0.199. The van der Waals surface area contributed by atoms with Crippen molar-refractivity contribution in [2.45, 2.75) is 26.7 Å². The van der Waals surface area contributed by atoms with Crippen molar-refractivity contribution in [1.82, 2.24) is 14.7 Å². The molecule has 3 rings (SSSR count). The summed E-state index contributed by atoms with van der Waals surface area (Å²) >= 11 is 0. The number of hydrogen-bond acceptors (Lipinski definition) is 3. The van der Waals surface area contributed by atoms with Crippen molar-refractivity contribution < 1.29 is 9.59 Å². The monoisotopic (exact) mass is 390 g/mol. The summed E-state index contributed by atoms with van der Waals surface area (Å²) in [6, 6.07) is 16.1. The summed E-state index contributed by atoms with van der Waals surface area (Å²) in [4.78, 5) is 27.0. The second kappa shape index (κ2) is 9.68. The van der Waals surface area contributed by atoms with Crippen molar-refractivity contribution in [2.75, 3.05) is 18.4 Å². The molecular weight excluding hydrogens is 364 g/mol. The molecule has 0 aliphatic rings. The lowest BCUT2D eigenvalue weighted by Gasteiger charge is -2.21. The van der Waals surface area contributed by atoms with E-state index in [1.54, 1.807) is 47.3 Å². The van der Waals surface area contributed by atoms with Crippen LogP contribution in [0.3, 0.4) is 0 Å². The third-order valence-corrected chi connectivity index (χ3v) is 4.56. The molecule has 0 fully saturated rings. The van der Waals surface area contributed by atoms with E-state index in [1.807, 2.05) is 29.3 Å². The molecule has 0 aliphatic heterocycles. The maximum absolute atomic E-state index is 12.6. The molecule has 3 aromatic rings. The first-order chi connectivity index (χ1) is 14.1. The van der Waals surface area contributed by atoms with E-state index in [0.717, 1.165) is 31.6 Å². The van der Waals surface area contributed by atoms with Gasteiger partial charge in [-0.15, -0.1) is 0 Å². The van der Waals surface area contributed by atoms with Crippen molar-refractivity contribution in [3.8, 4) is 5.69 Å². The summed E-state index contributed by atoms with van der Waals surface area (Å²) < 4.78 is 1.73. The van der Waals surface area contributed by atoms with E-state index in [2.05, 4.69) is 24.3 Å². The topological polar surface area (TPSA) is 67.2 Å². The predicted octanol–water partition coefficient (Wildman–Crippen LogP) is 4.39. The number of carbonyl (C=O) groups excluding carboxylic acids is 2. The fraction of sp³-hybridized carbons (Fsp3) is 0.261. The lowest BCUT2D eigenvalue weighted by molar-refractivity contribution is 0.0755. The van der Waals surface area contributed by atoms with Crippen LogP contribution in [0.25, 0.3) is 5.69 Å². The minimum absolute atomic E-state index is 0.0285. The van der Waals surface area contributed by atoms with Crippen LogP contribution in [0.1, 0.15) is 47.4 Å². The van der Waals surface area contributed by atoms with Gasteiger partial charge < -0.3 is 10.2 Å². The molecule has 0 spiro atoms. The summed E-state index contributed by atoms with van der Waals surface area (Å²) in [6.07, 6.45) is 5.41. The number of nitrogens with zero attached hydrogens (tertiary/aromatic N) is 3. The Morgan fingerprint density at radius 2 is 1.55 bits per heavy atom. The van der Waals surface area contributed by atoms with Crippen LogP contribution in [0.4, 0.5) is 5.69 Å². The molecule has 0 saturated carbocycles. The van der Waals surface area contributed by atoms with Crippen LogP contribution < -0.4 is 5.32 Å². The highest BCUT2D eigenvalue weighted by molar-refractivity contribution is 6.04. The Morgan fingerprint density at radius 3 is 2.10 bits per heavy atom. The number of nitrogens with one attached hydrogen (secondary N) is 1. The van der Waals surface area contributed by atoms with Gasteiger partial charge in [0.05, 0.1) is 5.69 Å². The van der Waals surface area contributed by atoms with Crippen molar-refractivity contribution in [3.63, 3.8) is 0 Å². The highest BCUT2D eigenvalue weighted by Gasteiger charge is 2.14.